The molecule has 2 atom stereocenters. The Morgan fingerprint density at radius 1 is 1.35 bits per heavy atom. The molecule has 2 unspecified atom stereocenters. The molecule has 0 spiro atoms. The molecule has 150 valence electrons. The van der Waals surface area contributed by atoms with Crippen LogP contribution in [0.1, 0.15) is 52.1 Å². The quantitative estimate of drug-likeness (QED) is 0.247. The van der Waals surface area contributed by atoms with Crippen LogP contribution < -0.4 is 16.0 Å². The molecule has 0 saturated carbocycles. The molecular weight excluding hydrogens is 447 g/mol. The van der Waals surface area contributed by atoms with E-state index in [4.69, 9.17) is 4.42 Å². The molecule has 1 aromatic heterocycles. The van der Waals surface area contributed by atoms with E-state index in [1.165, 1.54) is 0 Å². The third-order valence-corrected chi connectivity index (χ3v) is 3.82. The fraction of sp³-hybridized carbons (Fsp3) is 0.667. The van der Waals surface area contributed by atoms with E-state index in [1.54, 1.807) is 13.0 Å². The van der Waals surface area contributed by atoms with Crippen LogP contribution in [-0.2, 0) is 10.4 Å². The maximum atomic E-state index is 11.8. The fourth-order valence-corrected chi connectivity index (χ4v) is 2.12. The third kappa shape index (κ3) is 8.88. The van der Waals surface area contributed by atoms with Crippen LogP contribution in [0.25, 0.3) is 0 Å². The van der Waals surface area contributed by atoms with Crippen LogP contribution in [0.3, 0.4) is 0 Å². The van der Waals surface area contributed by atoms with Crippen LogP contribution in [-0.4, -0.2) is 42.6 Å². The maximum absolute atomic E-state index is 11.8. The van der Waals surface area contributed by atoms with Gasteiger partial charge in [-0.05, 0) is 46.2 Å². The zero-order chi connectivity index (χ0) is 18.9. The normalized spacial score (nSPS) is 14.8. The van der Waals surface area contributed by atoms with E-state index in [2.05, 4.69) is 20.9 Å². The van der Waals surface area contributed by atoms with Crippen molar-refractivity contribution in [2.45, 2.75) is 59.1 Å². The Bertz CT molecular complexity index is 573. The number of guanidine groups is 1. The highest BCUT2D eigenvalue weighted by Crippen LogP contribution is 2.22. The first-order chi connectivity index (χ1) is 11.8. The first-order valence-corrected chi connectivity index (χ1v) is 8.89. The monoisotopic (exact) mass is 480 g/mol. The van der Waals surface area contributed by atoms with E-state index in [0.29, 0.717) is 31.2 Å². The van der Waals surface area contributed by atoms with E-state index in [-0.39, 0.29) is 42.5 Å². The van der Waals surface area contributed by atoms with Crippen molar-refractivity contribution in [2.24, 2.45) is 4.99 Å². The summed E-state index contributed by atoms with van der Waals surface area (Å²) in [4.78, 5) is 16.2. The summed E-state index contributed by atoms with van der Waals surface area (Å²) < 4.78 is 5.49. The van der Waals surface area contributed by atoms with Crippen molar-refractivity contribution in [2.75, 3.05) is 19.6 Å². The predicted octanol–water partition coefficient (Wildman–Crippen LogP) is 2.27. The lowest BCUT2D eigenvalue weighted by atomic mass is 10.0. The fourth-order valence-electron chi connectivity index (χ4n) is 2.12. The molecule has 0 bridgehead atoms. The molecule has 0 aliphatic carbocycles. The number of hydrogen-bond donors (Lipinski definition) is 4. The molecule has 1 heterocycles. The van der Waals surface area contributed by atoms with Crippen LogP contribution in [0.15, 0.2) is 21.5 Å². The molecule has 0 fully saturated rings. The molecular formula is C18H33IN4O3. The van der Waals surface area contributed by atoms with Crippen LogP contribution >= 0.6 is 24.0 Å². The number of aryl methyl sites for hydroxylation is 1. The Morgan fingerprint density at radius 2 is 2.04 bits per heavy atom. The standard InChI is InChI=1S/C18H32N4O3.HI/c1-6-13(3)22-16(23)10-11-20-17(19-7-2)21-12-18(5,24)15-9-8-14(4)25-15;/h8-9,13,24H,6-7,10-12H2,1-5H3,(H,22,23)(H2,19,20,21);1H. The van der Waals surface area contributed by atoms with Crippen molar-refractivity contribution in [1.82, 2.24) is 16.0 Å². The molecule has 26 heavy (non-hydrogen) atoms. The highest BCUT2D eigenvalue weighted by molar-refractivity contribution is 14.0. The summed E-state index contributed by atoms with van der Waals surface area (Å²) in [7, 11) is 0. The number of furan rings is 1. The minimum Gasteiger partial charge on any atom is -0.463 e. The van der Waals surface area contributed by atoms with Gasteiger partial charge >= 0.3 is 0 Å². The van der Waals surface area contributed by atoms with Gasteiger partial charge in [-0.3, -0.25) is 4.79 Å². The largest absolute Gasteiger partial charge is 0.463 e. The first-order valence-electron chi connectivity index (χ1n) is 8.89. The van der Waals surface area contributed by atoms with Crippen molar-refractivity contribution in [1.29, 1.82) is 0 Å². The lowest BCUT2D eigenvalue weighted by molar-refractivity contribution is -0.121. The second kappa shape index (κ2) is 12.2. The van der Waals surface area contributed by atoms with Crippen LogP contribution in [0, 0.1) is 6.92 Å². The number of nitrogens with one attached hydrogen (secondary N) is 3. The topological polar surface area (TPSA) is 98.9 Å². The van der Waals surface area contributed by atoms with Gasteiger partial charge in [-0.15, -0.1) is 24.0 Å². The van der Waals surface area contributed by atoms with E-state index in [0.717, 1.165) is 12.2 Å². The number of rotatable bonds is 9. The van der Waals surface area contributed by atoms with Gasteiger partial charge in [-0.1, -0.05) is 6.92 Å². The summed E-state index contributed by atoms with van der Waals surface area (Å²) in [6.45, 7) is 10.8. The summed E-state index contributed by atoms with van der Waals surface area (Å²) in [5.74, 6) is 1.80. The van der Waals surface area contributed by atoms with Gasteiger partial charge in [0.15, 0.2) is 5.96 Å². The molecule has 4 N–H and O–H groups in total. The third-order valence-electron chi connectivity index (χ3n) is 3.82. The molecule has 0 aliphatic rings. The summed E-state index contributed by atoms with van der Waals surface area (Å²) in [6, 6.07) is 3.75. The van der Waals surface area contributed by atoms with E-state index >= 15 is 0 Å². The minimum atomic E-state index is -1.19. The molecule has 0 aliphatic heterocycles. The molecule has 7 nitrogen and oxygen atoms in total. The number of carbonyl (C=O) groups is 1. The van der Waals surface area contributed by atoms with Crippen molar-refractivity contribution < 1.29 is 14.3 Å². The van der Waals surface area contributed by atoms with Gasteiger partial charge in [0.2, 0.25) is 5.91 Å². The number of amides is 1. The van der Waals surface area contributed by atoms with Gasteiger partial charge in [-0.2, -0.15) is 0 Å². The van der Waals surface area contributed by atoms with Crippen LogP contribution in [0.4, 0.5) is 0 Å². The molecule has 0 radical (unpaired) electrons. The Balaban J connectivity index is 0.00000625. The minimum absolute atomic E-state index is 0. The van der Waals surface area contributed by atoms with Gasteiger partial charge < -0.3 is 25.5 Å². The van der Waals surface area contributed by atoms with Crippen molar-refractivity contribution in [3.05, 3.63) is 23.7 Å². The van der Waals surface area contributed by atoms with Crippen LogP contribution in [0.5, 0.6) is 0 Å². The number of hydrogen-bond acceptors (Lipinski definition) is 4. The van der Waals surface area contributed by atoms with Gasteiger partial charge in [0, 0.05) is 25.6 Å². The number of aliphatic hydroxyl groups is 1. The van der Waals surface area contributed by atoms with Crippen LogP contribution in [0.2, 0.25) is 0 Å². The van der Waals surface area contributed by atoms with Crippen molar-refractivity contribution >= 4 is 35.8 Å². The summed E-state index contributed by atoms with van der Waals surface area (Å²) >= 11 is 0. The molecule has 0 aromatic carbocycles. The highest BCUT2D eigenvalue weighted by Gasteiger charge is 2.26. The zero-order valence-corrected chi connectivity index (χ0v) is 18.7. The number of aliphatic imine (C=N–C) groups is 1. The molecule has 0 saturated heterocycles. The SMILES string of the molecule is CCNC(=NCC(C)(O)c1ccc(C)o1)NCCC(=O)NC(C)CC.I. The molecule has 8 heteroatoms. The average Bonchev–Trinajstić information content (AvgIpc) is 3.00. The number of carbonyl (C=O) groups excluding carboxylic acids is 1. The smallest absolute Gasteiger partial charge is 0.221 e. The van der Waals surface area contributed by atoms with Gasteiger partial charge in [0.05, 0.1) is 6.54 Å². The van der Waals surface area contributed by atoms with Gasteiger partial charge in [-0.25, -0.2) is 4.99 Å². The Kier molecular flexibility index (Phi) is 11.6. The Labute approximate surface area is 173 Å². The van der Waals surface area contributed by atoms with Gasteiger partial charge in [0.25, 0.3) is 0 Å². The second-order valence-corrected chi connectivity index (χ2v) is 6.43. The first kappa shape index (κ1) is 24.7. The van der Waals surface area contributed by atoms with E-state index < -0.39 is 5.60 Å². The number of halogens is 1. The van der Waals surface area contributed by atoms with E-state index in [9.17, 15) is 9.90 Å². The van der Waals surface area contributed by atoms with Crippen molar-refractivity contribution in [3.63, 3.8) is 0 Å². The average molecular weight is 480 g/mol. The van der Waals surface area contributed by atoms with Gasteiger partial charge in [0.1, 0.15) is 17.1 Å². The lowest BCUT2D eigenvalue weighted by Crippen LogP contribution is -2.41. The molecule has 1 amide bonds. The molecule has 1 rings (SSSR count). The Morgan fingerprint density at radius 3 is 2.58 bits per heavy atom. The maximum Gasteiger partial charge on any atom is 0.221 e. The zero-order valence-electron chi connectivity index (χ0n) is 16.4. The summed E-state index contributed by atoms with van der Waals surface area (Å²) in [5, 5.41) is 19.7. The highest BCUT2D eigenvalue weighted by atomic mass is 127. The second-order valence-electron chi connectivity index (χ2n) is 6.43. The Hall–Kier alpha value is -1.29. The van der Waals surface area contributed by atoms with E-state index in [1.807, 2.05) is 33.8 Å². The van der Waals surface area contributed by atoms with Crippen molar-refractivity contribution in [3.8, 4) is 0 Å². The molecule has 1 aromatic rings. The summed E-state index contributed by atoms with van der Waals surface area (Å²) in [6.07, 6.45) is 1.27. The number of nitrogens with zero attached hydrogens (tertiary/aromatic N) is 1. The predicted molar refractivity (Wildman–Crippen MR) is 115 cm³/mol. The summed E-state index contributed by atoms with van der Waals surface area (Å²) in [5.41, 5.74) is -1.19. The lowest BCUT2D eigenvalue weighted by Gasteiger charge is -2.19.